The zero-order chi connectivity index (χ0) is 12.8. The third kappa shape index (κ3) is 3.40. The van der Waals surface area contributed by atoms with Crippen molar-refractivity contribution >= 4 is 17.8 Å². The minimum Gasteiger partial charge on any atom is -0.396 e. The molecular formula is C13H18N2O2S. The van der Waals surface area contributed by atoms with Crippen LogP contribution in [-0.4, -0.2) is 30.0 Å². The Labute approximate surface area is 111 Å². The van der Waals surface area contributed by atoms with Crippen molar-refractivity contribution in [3.63, 3.8) is 0 Å². The number of carbonyl (C=O) groups is 1. The van der Waals surface area contributed by atoms with E-state index >= 15 is 0 Å². The normalized spacial score (nSPS) is 17.9. The van der Waals surface area contributed by atoms with Crippen molar-refractivity contribution in [2.24, 2.45) is 0 Å². The molecule has 1 aromatic rings. The highest BCUT2D eigenvalue weighted by Gasteiger charge is 2.21. The van der Waals surface area contributed by atoms with Crippen molar-refractivity contribution in [1.29, 1.82) is 0 Å². The molecule has 98 valence electrons. The molecule has 0 spiro atoms. The summed E-state index contributed by atoms with van der Waals surface area (Å²) in [5.74, 6) is 1.03. The van der Waals surface area contributed by atoms with E-state index in [1.54, 1.807) is 0 Å². The molecule has 1 atom stereocenters. The molecule has 2 rings (SSSR count). The molecule has 0 aliphatic carbocycles. The summed E-state index contributed by atoms with van der Waals surface area (Å²) in [4.78, 5) is 12.9. The van der Waals surface area contributed by atoms with Crippen LogP contribution < -0.4 is 10.6 Å². The van der Waals surface area contributed by atoms with E-state index in [2.05, 4.69) is 22.8 Å². The third-order valence-electron chi connectivity index (χ3n) is 2.88. The van der Waals surface area contributed by atoms with E-state index in [9.17, 15) is 4.79 Å². The molecule has 2 amide bonds. The van der Waals surface area contributed by atoms with Gasteiger partial charge in [0.2, 0.25) is 0 Å². The number of nitrogens with one attached hydrogen (secondary N) is 2. The van der Waals surface area contributed by atoms with Gasteiger partial charge in [-0.3, -0.25) is 0 Å². The van der Waals surface area contributed by atoms with Crippen LogP contribution in [0.2, 0.25) is 0 Å². The van der Waals surface area contributed by atoms with Gasteiger partial charge in [0.1, 0.15) is 0 Å². The molecule has 0 aromatic heterocycles. The number of benzene rings is 1. The summed E-state index contributed by atoms with van der Waals surface area (Å²) < 4.78 is 0. The van der Waals surface area contributed by atoms with E-state index in [-0.39, 0.29) is 18.7 Å². The van der Waals surface area contributed by atoms with Gasteiger partial charge in [-0.15, -0.1) is 11.8 Å². The molecule has 5 heteroatoms. The maximum absolute atomic E-state index is 11.7. The minimum atomic E-state index is -0.157. The Kier molecular flexibility index (Phi) is 4.90. The lowest BCUT2D eigenvalue weighted by molar-refractivity contribution is 0.234. The predicted molar refractivity (Wildman–Crippen MR) is 72.8 cm³/mol. The molecule has 1 aromatic carbocycles. The van der Waals surface area contributed by atoms with Crippen molar-refractivity contribution in [1.82, 2.24) is 10.6 Å². The number of carbonyl (C=O) groups excluding carboxylic acids is 1. The zero-order valence-corrected chi connectivity index (χ0v) is 11.0. The summed E-state index contributed by atoms with van der Waals surface area (Å²) in [6.07, 6.45) is 1.54. The predicted octanol–water partition coefficient (Wildman–Crippen LogP) is 1.91. The number of fused-ring (bicyclic) bond motifs is 1. The number of hydrogen-bond donors (Lipinski definition) is 3. The van der Waals surface area contributed by atoms with Gasteiger partial charge in [0.05, 0.1) is 6.04 Å². The third-order valence-corrected chi connectivity index (χ3v) is 4.01. The quantitative estimate of drug-likeness (QED) is 0.730. The summed E-state index contributed by atoms with van der Waals surface area (Å²) >= 11 is 1.84. The van der Waals surface area contributed by atoms with Crippen LogP contribution in [0.25, 0.3) is 0 Å². The second-order valence-corrected chi connectivity index (χ2v) is 5.34. The SMILES string of the molecule is O=C(NCCCO)N[C@@H]1CCSc2ccccc21. The van der Waals surface area contributed by atoms with Gasteiger partial charge in [0.15, 0.2) is 0 Å². The van der Waals surface area contributed by atoms with Crippen LogP contribution >= 0.6 is 11.8 Å². The molecule has 0 fully saturated rings. The fourth-order valence-electron chi connectivity index (χ4n) is 1.98. The van der Waals surface area contributed by atoms with Crippen molar-refractivity contribution in [3.05, 3.63) is 29.8 Å². The summed E-state index contributed by atoms with van der Waals surface area (Å²) in [6, 6.07) is 8.13. The van der Waals surface area contributed by atoms with E-state index in [0.29, 0.717) is 13.0 Å². The second kappa shape index (κ2) is 6.66. The molecule has 1 aliphatic heterocycles. The van der Waals surface area contributed by atoms with Gasteiger partial charge in [0.25, 0.3) is 0 Å². The van der Waals surface area contributed by atoms with Crippen LogP contribution in [0.3, 0.4) is 0 Å². The number of hydrogen-bond acceptors (Lipinski definition) is 3. The first-order valence-corrected chi connectivity index (χ1v) is 7.17. The lowest BCUT2D eigenvalue weighted by Crippen LogP contribution is -2.39. The van der Waals surface area contributed by atoms with Crippen LogP contribution in [-0.2, 0) is 0 Å². The topological polar surface area (TPSA) is 61.4 Å². The van der Waals surface area contributed by atoms with Gasteiger partial charge in [-0.25, -0.2) is 4.79 Å². The molecule has 0 unspecified atom stereocenters. The largest absolute Gasteiger partial charge is 0.396 e. The van der Waals surface area contributed by atoms with Gasteiger partial charge < -0.3 is 15.7 Å². The molecule has 0 saturated carbocycles. The molecule has 0 radical (unpaired) electrons. The second-order valence-electron chi connectivity index (χ2n) is 4.20. The van der Waals surface area contributed by atoms with Crippen LogP contribution in [0.1, 0.15) is 24.4 Å². The minimum absolute atomic E-state index is 0.0941. The number of urea groups is 1. The molecule has 4 nitrogen and oxygen atoms in total. The highest BCUT2D eigenvalue weighted by Crippen LogP contribution is 2.35. The molecule has 0 bridgehead atoms. The van der Waals surface area contributed by atoms with Crippen LogP contribution in [0.15, 0.2) is 29.2 Å². The molecule has 3 N–H and O–H groups in total. The lowest BCUT2D eigenvalue weighted by atomic mass is 10.0. The van der Waals surface area contributed by atoms with Crippen LogP contribution in [0.5, 0.6) is 0 Å². The van der Waals surface area contributed by atoms with Gasteiger partial charge >= 0.3 is 6.03 Å². The molecular weight excluding hydrogens is 248 g/mol. The Balaban J connectivity index is 1.92. The van der Waals surface area contributed by atoms with E-state index in [1.165, 1.54) is 10.5 Å². The van der Waals surface area contributed by atoms with Gasteiger partial charge in [-0.1, -0.05) is 18.2 Å². The molecule has 1 heterocycles. The van der Waals surface area contributed by atoms with Crippen LogP contribution in [0.4, 0.5) is 4.79 Å². The highest BCUT2D eigenvalue weighted by molar-refractivity contribution is 7.99. The summed E-state index contributed by atoms with van der Waals surface area (Å²) in [5, 5.41) is 14.4. The molecule has 18 heavy (non-hydrogen) atoms. The monoisotopic (exact) mass is 266 g/mol. The first kappa shape index (κ1) is 13.2. The number of rotatable bonds is 4. The van der Waals surface area contributed by atoms with Crippen molar-refractivity contribution in [2.45, 2.75) is 23.8 Å². The van der Waals surface area contributed by atoms with Crippen molar-refractivity contribution < 1.29 is 9.90 Å². The maximum atomic E-state index is 11.7. The van der Waals surface area contributed by atoms with Crippen molar-refractivity contribution in [2.75, 3.05) is 18.9 Å². The molecule has 1 aliphatic rings. The lowest BCUT2D eigenvalue weighted by Gasteiger charge is -2.25. The number of aliphatic hydroxyl groups excluding tert-OH is 1. The van der Waals surface area contributed by atoms with Gasteiger partial charge in [0, 0.05) is 23.8 Å². The Hall–Kier alpha value is -1.20. The fraction of sp³-hybridized carbons (Fsp3) is 0.462. The van der Waals surface area contributed by atoms with Gasteiger partial charge in [-0.2, -0.15) is 0 Å². The Morgan fingerprint density at radius 2 is 2.28 bits per heavy atom. The van der Waals surface area contributed by atoms with Crippen LogP contribution in [0, 0.1) is 0 Å². The van der Waals surface area contributed by atoms with E-state index in [0.717, 1.165) is 12.2 Å². The zero-order valence-electron chi connectivity index (χ0n) is 10.2. The number of amides is 2. The average molecular weight is 266 g/mol. The average Bonchev–Trinajstić information content (AvgIpc) is 2.39. The van der Waals surface area contributed by atoms with E-state index in [1.807, 2.05) is 23.9 Å². The Morgan fingerprint density at radius 1 is 1.44 bits per heavy atom. The first-order chi connectivity index (χ1) is 8.81. The summed E-state index contributed by atoms with van der Waals surface area (Å²) in [6.45, 7) is 0.606. The fourth-order valence-corrected chi connectivity index (χ4v) is 3.11. The number of thioether (sulfide) groups is 1. The Morgan fingerprint density at radius 3 is 3.11 bits per heavy atom. The highest BCUT2D eigenvalue weighted by atomic mass is 32.2. The van der Waals surface area contributed by atoms with E-state index in [4.69, 9.17) is 5.11 Å². The molecule has 0 saturated heterocycles. The standard InChI is InChI=1S/C13H18N2O2S/c16-8-3-7-14-13(17)15-11-6-9-18-12-5-2-1-4-10(11)12/h1-2,4-5,11,16H,3,6-9H2,(H2,14,15,17)/t11-/m1/s1. The van der Waals surface area contributed by atoms with Crippen molar-refractivity contribution in [3.8, 4) is 0 Å². The van der Waals surface area contributed by atoms with E-state index < -0.39 is 0 Å². The smallest absolute Gasteiger partial charge is 0.315 e. The maximum Gasteiger partial charge on any atom is 0.315 e. The Bertz CT molecular complexity index is 412. The first-order valence-electron chi connectivity index (χ1n) is 6.18. The van der Waals surface area contributed by atoms with Gasteiger partial charge in [-0.05, 0) is 24.5 Å². The summed E-state index contributed by atoms with van der Waals surface area (Å²) in [7, 11) is 0. The number of aliphatic hydroxyl groups is 1. The summed E-state index contributed by atoms with van der Waals surface area (Å²) in [5.41, 5.74) is 1.20.